The summed E-state index contributed by atoms with van der Waals surface area (Å²) in [7, 11) is 4.15. The molecule has 1 N–H and O–H groups in total. The predicted octanol–water partition coefficient (Wildman–Crippen LogP) is 2.03. The maximum Gasteiger partial charge on any atom is 0.0793 e. The first kappa shape index (κ1) is 18.0. The lowest BCUT2D eigenvalue weighted by Gasteiger charge is -2.34. The number of aliphatic hydroxyl groups excluding tert-OH is 1. The summed E-state index contributed by atoms with van der Waals surface area (Å²) in [6, 6.07) is 5.67. The number of benzene rings is 1. The molecule has 0 saturated carbocycles. The highest BCUT2D eigenvalue weighted by Gasteiger charge is 2.18. The summed E-state index contributed by atoms with van der Waals surface area (Å²) in [5.41, 5.74) is 1.10. The number of nitrogens with zero attached hydrogens (tertiary/aromatic N) is 3. The van der Waals surface area contributed by atoms with Crippen molar-refractivity contribution in [2.75, 3.05) is 53.4 Å². The van der Waals surface area contributed by atoms with E-state index in [0.717, 1.165) is 44.8 Å². The minimum Gasteiger partial charge on any atom is -0.390 e. The number of halogens is 2. The molecule has 1 heterocycles. The van der Waals surface area contributed by atoms with Crippen molar-refractivity contribution in [1.82, 2.24) is 14.7 Å². The molecule has 1 aromatic carbocycles. The summed E-state index contributed by atoms with van der Waals surface area (Å²) in [6.07, 6.45) is -0.337. The molecular formula is C16H25Cl2N3O. The van der Waals surface area contributed by atoms with Gasteiger partial charge in [-0.1, -0.05) is 29.3 Å². The molecule has 22 heavy (non-hydrogen) atoms. The number of hydrogen-bond donors (Lipinski definition) is 1. The fraction of sp³-hybridized carbons (Fsp3) is 0.625. The molecule has 2 rings (SSSR count). The van der Waals surface area contributed by atoms with Crippen LogP contribution in [0.3, 0.4) is 0 Å². The van der Waals surface area contributed by atoms with E-state index in [9.17, 15) is 5.11 Å². The quantitative estimate of drug-likeness (QED) is 0.854. The molecule has 0 amide bonds. The molecule has 6 heteroatoms. The van der Waals surface area contributed by atoms with Crippen molar-refractivity contribution in [2.45, 2.75) is 12.6 Å². The number of aliphatic hydroxyl groups is 1. The minimum absolute atomic E-state index is 0.337. The van der Waals surface area contributed by atoms with Crippen molar-refractivity contribution in [3.63, 3.8) is 0 Å². The third-order valence-corrected chi connectivity index (χ3v) is 4.76. The smallest absolute Gasteiger partial charge is 0.0793 e. The zero-order valence-corrected chi connectivity index (χ0v) is 14.8. The molecule has 4 nitrogen and oxygen atoms in total. The van der Waals surface area contributed by atoms with Gasteiger partial charge in [0.1, 0.15) is 0 Å². The number of piperazine rings is 1. The van der Waals surface area contributed by atoms with Gasteiger partial charge in [0.05, 0.1) is 16.1 Å². The maximum atomic E-state index is 10.3. The highest BCUT2D eigenvalue weighted by atomic mass is 35.5. The van der Waals surface area contributed by atoms with Gasteiger partial charge in [0.2, 0.25) is 0 Å². The van der Waals surface area contributed by atoms with E-state index in [2.05, 4.69) is 21.7 Å². The SMILES string of the molecule is CN1CCN(CC(O)CN(C)Cc2ccc(Cl)c(Cl)c2)CC1. The van der Waals surface area contributed by atoms with Crippen LogP contribution in [0.1, 0.15) is 5.56 Å². The van der Waals surface area contributed by atoms with Crippen molar-refractivity contribution in [3.05, 3.63) is 33.8 Å². The second-order valence-electron chi connectivity index (χ2n) is 6.20. The Morgan fingerprint density at radius 1 is 1.18 bits per heavy atom. The van der Waals surface area contributed by atoms with E-state index in [1.165, 1.54) is 0 Å². The van der Waals surface area contributed by atoms with E-state index in [0.29, 0.717) is 16.6 Å². The molecule has 1 aromatic rings. The van der Waals surface area contributed by atoms with Crippen molar-refractivity contribution in [3.8, 4) is 0 Å². The Bertz CT molecular complexity index is 478. The molecule has 0 aromatic heterocycles. The van der Waals surface area contributed by atoms with Gasteiger partial charge in [0, 0.05) is 45.8 Å². The van der Waals surface area contributed by atoms with Crippen LogP contribution in [0.25, 0.3) is 0 Å². The van der Waals surface area contributed by atoms with Gasteiger partial charge >= 0.3 is 0 Å². The lowest BCUT2D eigenvalue weighted by Crippen LogP contribution is -2.48. The molecule has 1 aliphatic rings. The monoisotopic (exact) mass is 345 g/mol. The topological polar surface area (TPSA) is 30.0 Å². The van der Waals surface area contributed by atoms with Crippen molar-refractivity contribution in [1.29, 1.82) is 0 Å². The zero-order valence-electron chi connectivity index (χ0n) is 13.3. The summed E-state index contributed by atoms with van der Waals surface area (Å²) in [6.45, 7) is 6.34. The van der Waals surface area contributed by atoms with Crippen LogP contribution < -0.4 is 0 Å². The van der Waals surface area contributed by atoms with Crippen molar-refractivity contribution in [2.24, 2.45) is 0 Å². The standard InChI is InChI=1S/C16H25Cl2N3O/c1-19-5-7-21(8-6-19)12-14(22)11-20(2)10-13-3-4-15(17)16(18)9-13/h3-4,9,14,22H,5-8,10-12H2,1-2H3. The van der Waals surface area contributed by atoms with Gasteiger partial charge < -0.3 is 10.0 Å². The second kappa shape index (κ2) is 8.48. The molecule has 1 aliphatic heterocycles. The van der Waals surface area contributed by atoms with E-state index in [1.807, 2.05) is 25.2 Å². The van der Waals surface area contributed by atoms with Crippen LogP contribution in [-0.2, 0) is 6.54 Å². The lowest BCUT2D eigenvalue weighted by molar-refractivity contribution is 0.0594. The molecule has 0 bridgehead atoms. The average Bonchev–Trinajstić information content (AvgIpc) is 2.45. The van der Waals surface area contributed by atoms with Gasteiger partial charge in [-0.3, -0.25) is 9.80 Å². The highest BCUT2D eigenvalue weighted by Crippen LogP contribution is 2.23. The Morgan fingerprint density at radius 3 is 2.50 bits per heavy atom. The Kier molecular flexibility index (Phi) is 6.93. The largest absolute Gasteiger partial charge is 0.390 e. The van der Waals surface area contributed by atoms with E-state index < -0.39 is 0 Å². The first-order valence-electron chi connectivity index (χ1n) is 7.65. The third kappa shape index (κ3) is 5.69. The fourth-order valence-corrected chi connectivity index (χ4v) is 3.08. The number of β-amino-alcohol motifs (C(OH)–C–C–N with tert-alkyl or cyclic N) is 1. The Morgan fingerprint density at radius 2 is 1.86 bits per heavy atom. The third-order valence-electron chi connectivity index (χ3n) is 4.02. The first-order chi connectivity index (χ1) is 10.4. The minimum atomic E-state index is -0.337. The van der Waals surface area contributed by atoms with Crippen LogP contribution >= 0.6 is 23.2 Å². The molecule has 0 spiro atoms. The van der Waals surface area contributed by atoms with E-state index in [1.54, 1.807) is 0 Å². The molecule has 1 atom stereocenters. The van der Waals surface area contributed by atoms with Crippen LogP contribution in [0.2, 0.25) is 10.0 Å². The number of rotatable bonds is 6. The number of likely N-dealkylation sites (N-methyl/N-ethyl adjacent to an activating group) is 2. The Balaban J connectivity index is 1.76. The summed E-state index contributed by atoms with van der Waals surface area (Å²) >= 11 is 12.0. The van der Waals surface area contributed by atoms with E-state index in [4.69, 9.17) is 23.2 Å². The van der Waals surface area contributed by atoms with Crippen LogP contribution in [-0.4, -0.2) is 79.3 Å². The van der Waals surface area contributed by atoms with Crippen LogP contribution in [0.4, 0.5) is 0 Å². The van der Waals surface area contributed by atoms with Gasteiger partial charge in [-0.05, 0) is 31.8 Å². The van der Waals surface area contributed by atoms with Gasteiger partial charge in [0.15, 0.2) is 0 Å². The van der Waals surface area contributed by atoms with Gasteiger partial charge in [0.25, 0.3) is 0 Å². The molecule has 124 valence electrons. The molecule has 1 unspecified atom stereocenters. The van der Waals surface area contributed by atoms with Gasteiger partial charge in [-0.25, -0.2) is 0 Å². The average molecular weight is 346 g/mol. The fourth-order valence-electron chi connectivity index (χ4n) is 2.76. The zero-order chi connectivity index (χ0) is 16.1. The molecule has 1 fully saturated rings. The van der Waals surface area contributed by atoms with E-state index in [-0.39, 0.29) is 6.10 Å². The maximum absolute atomic E-state index is 10.3. The lowest BCUT2D eigenvalue weighted by atomic mass is 10.2. The van der Waals surface area contributed by atoms with E-state index >= 15 is 0 Å². The van der Waals surface area contributed by atoms with Crippen LogP contribution in [0, 0.1) is 0 Å². The van der Waals surface area contributed by atoms with Gasteiger partial charge in [-0.15, -0.1) is 0 Å². The second-order valence-corrected chi connectivity index (χ2v) is 7.02. The Hall–Kier alpha value is -0.360. The molecule has 0 aliphatic carbocycles. The molecule has 0 radical (unpaired) electrons. The Labute approximate surface area is 143 Å². The molecular weight excluding hydrogens is 321 g/mol. The highest BCUT2D eigenvalue weighted by molar-refractivity contribution is 6.42. The number of hydrogen-bond acceptors (Lipinski definition) is 4. The van der Waals surface area contributed by atoms with Crippen LogP contribution in [0.15, 0.2) is 18.2 Å². The van der Waals surface area contributed by atoms with Crippen LogP contribution in [0.5, 0.6) is 0 Å². The molecule has 1 saturated heterocycles. The summed E-state index contributed by atoms with van der Waals surface area (Å²) in [5.74, 6) is 0. The summed E-state index contributed by atoms with van der Waals surface area (Å²) < 4.78 is 0. The van der Waals surface area contributed by atoms with Crippen molar-refractivity contribution < 1.29 is 5.11 Å². The first-order valence-corrected chi connectivity index (χ1v) is 8.41. The predicted molar refractivity (Wildman–Crippen MR) is 92.7 cm³/mol. The summed E-state index contributed by atoms with van der Waals surface area (Å²) in [5, 5.41) is 11.4. The van der Waals surface area contributed by atoms with Gasteiger partial charge in [-0.2, -0.15) is 0 Å². The normalized spacial score (nSPS) is 18.8. The summed E-state index contributed by atoms with van der Waals surface area (Å²) in [4.78, 5) is 6.76. The van der Waals surface area contributed by atoms with Crippen molar-refractivity contribution >= 4 is 23.2 Å².